The molecule has 1 unspecified atom stereocenters. The van der Waals surface area contributed by atoms with Crippen molar-refractivity contribution in [3.8, 4) is 0 Å². The van der Waals surface area contributed by atoms with Crippen molar-refractivity contribution in [1.82, 2.24) is 10.2 Å². The predicted octanol–water partition coefficient (Wildman–Crippen LogP) is 2.44. The summed E-state index contributed by atoms with van der Waals surface area (Å²) in [6.07, 6.45) is 1.96. The van der Waals surface area contributed by atoms with Gasteiger partial charge in [-0.05, 0) is 37.1 Å². The van der Waals surface area contributed by atoms with Crippen LogP contribution in [0.3, 0.4) is 0 Å². The molecule has 1 aliphatic rings. The summed E-state index contributed by atoms with van der Waals surface area (Å²) in [7, 11) is 0. The molecule has 1 saturated heterocycles. The number of hydrogen-bond acceptors (Lipinski definition) is 2. The fourth-order valence-electron chi connectivity index (χ4n) is 2.26. The van der Waals surface area contributed by atoms with Gasteiger partial charge in [0.15, 0.2) is 0 Å². The maximum atomic E-state index is 12.1. The van der Waals surface area contributed by atoms with E-state index in [1.807, 2.05) is 29.2 Å². The van der Waals surface area contributed by atoms with Crippen molar-refractivity contribution in [3.05, 3.63) is 34.9 Å². The molecule has 0 aliphatic carbocycles. The minimum absolute atomic E-state index is 0.00383. The Morgan fingerprint density at radius 3 is 3.06 bits per heavy atom. The van der Waals surface area contributed by atoms with Crippen LogP contribution in [-0.4, -0.2) is 29.9 Å². The molecule has 1 aliphatic heterocycles. The molecule has 0 bridgehead atoms. The first-order valence-corrected chi connectivity index (χ1v) is 6.85. The molecule has 1 N–H and O–H groups in total. The Labute approximate surface area is 113 Å². The summed E-state index contributed by atoms with van der Waals surface area (Å²) in [6, 6.07) is 7.70. The second kappa shape index (κ2) is 6.21. The predicted molar refractivity (Wildman–Crippen MR) is 73.6 cm³/mol. The summed E-state index contributed by atoms with van der Waals surface area (Å²) in [5.41, 5.74) is 1.09. The van der Waals surface area contributed by atoms with Crippen LogP contribution in [0.1, 0.15) is 25.3 Å². The van der Waals surface area contributed by atoms with Crippen molar-refractivity contribution in [2.24, 2.45) is 0 Å². The zero-order valence-electron chi connectivity index (χ0n) is 10.7. The molecule has 18 heavy (non-hydrogen) atoms. The van der Waals surface area contributed by atoms with E-state index >= 15 is 0 Å². The van der Waals surface area contributed by atoms with Crippen LogP contribution in [0.4, 0.5) is 0 Å². The van der Waals surface area contributed by atoms with Crippen LogP contribution in [-0.2, 0) is 11.3 Å². The highest BCUT2D eigenvalue weighted by atomic mass is 35.5. The van der Waals surface area contributed by atoms with Gasteiger partial charge in [0, 0.05) is 18.1 Å². The SMILES string of the molecule is CCCNC1CCN(Cc2cccc(Cl)c2)C1=O. The van der Waals surface area contributed by atoms with Crippen molar-refractivity contribution < 1.29 is 4.79 Å². The molecule has 98 valence electrons. The van der Waals surface area contributed by atoms with Gasteiger partial charge in [-0.3, -0.25) is 4.79 Å². The number of carbonyl (C=O) groups is 1. The van der Waals surface area contributed by atoms with Crippen molar-refractivity contribution in [1.29, 1.82) is 0 Å². The van der Waals surface area contributed by atoms with E-state index in [0.717, 1.165) is 36.5 Å². The van der Waals surface area contributed by atoms with Gasteiger partial charge in [0.25, 0.3) is 0 Å². The van der Waals surface area contributed by atoms with Gasteiger partial charge < -0.3 is 10.2 Å². The number of likely N-dealkylation sites (tertiary alicyclic amines) is 1. The van der Waals surface area contributed by atoms with E-state index in [1.54, 1.807) is 0 Å². The third kappa shape index (κ3) is 3.24. The Morgan fingerprint density at radius 2 is 2.33 bits per heavy atom. The lowest BCUT2D eigenvalue weighted by Gasteiger charge is -2.17. The molecule has 1 aromatic carbocycles. The van der Waals surface area contributed by atoms with Crippen LogP contribution in [0.15, 0.2) is 24.3 Å². The van der Waals surface area contributed by atoms with Crippen molar-refractivity contribution in [3.63, 3.8) is 0 Å². The molecule has 0 saturated carbocycles. The Hall–Kier alpha value is -1.06. The number of nitrogens with zero attached hydrogens (tertiary/aromatic N) is 1. The molecule has 3 nitrogen and oxygen atoms in total. The number of nitrogens with one attached hydrogen (secondary N) is 1. The zero-order valence-corrected chi connectivity index (χ0v) is 11.4. The van der Waals surface area contributed by atoms with E-state index in [-0.39, 0.29) is 11.9 Å². The average Bonchev–Trinajstić information content (AvgIpc) is 2.69. The Morgan fingerprint density at radius 1 is 1.50 bits per heavy atom. The molecule has 2 rings (SSSR count). The molecule has 1 fully saturated rings. The van der Waals surface area contributed by atoms with Crippen LogP contribution in [0.5, 0.6) is 0 Å². The molecule has 1 atom stereocenters. The van der Waals surface area contributed by atoms with E-state index in [2.05, 4.69) is 12.2 Å². The van der Waals surface area contributed by atoms with Gasteiger partial charge in [0.05, 0.1) is 6.04 Å². The van der Waals surface area contributed by atoms with Gasteiger partial charge in [-0.15, -0.1) is 0 Å². The fourth-order valence-corrected chi connectivity index (χ4v) is 2.47. The minimum Gasteiger partial charge on any atom is -0.337 e. The molecular formula is C14H19ClN2O. The third-order valence-corrected chi connectivity index (χ3v) is 3.44. The van der Waals surface area contributed by atoms with Gasteiger partial charge in [-0.2, -0.15) is 0 Å². The Bertz CT molecular complexity index is 422. The largest absolute Gasteiger partial charge is 0.337 e. The first-order chi connectivity index (χ1) is 8.70. The molecular weight excluding hydrogens is 248 g/mol. The standard InChI is InChI=1S/C14H19ClN2O/c1-2-7-16-13-6-8-17(14(13)18)10-11-4-3-5-12(15)9-11/h3-5,9,13,16H,2,6-8,10H2,1H3. The van der Waals surface area contributed by atoms with Crippen LogP contribution in [0.2, 0.25) is 5.02 Å². The van der Waals surface area contributed by atoms with E-state index in [0.29, 0.717) is 6.54 Å². The summed E-state index contributed by atoms with van der Waals surface area (Å²) in [5.74, 6) is 0.212. The minimum atomic E-state index is 0.00383. The lowest BCUT2D eigenvalue weighted by molar-refractivity contribution is -0.129. The zero-order chi connectivity index (χ0) is 13.0. The first-order valence-electron chi connectivity index (χ1n) is 6.47. The van der Waals surface area contributed by atoms with Gasteiger partial charge in [-0.25, -0.2) is 0 Å². The number of carbonyl (C=O) groups excluding carboxylic acids is 1. The third-order valence-electron chi connectivity index (χ3n) is 3.20. The van der Waals surface area contributed by atoms with E-state index < -0.39 is 0 Å². The molecule has 0 aromatic heterocycles. The van der Waals surface area contributed by atoms with Gasteiger partial charge >= 0.3 is 0 Å². The van der Waals surface area contributed by atoms with Crippen molar-refractivity contribution in [2.75, 3.05) is 13.1 Å². The van der Waals surface area contributed by atoms with Crippen LogP contribution < -0.4 is 5.32 Å². The highest BCUT2D eigenvalue weighted by Gasteiger charge is 2.30. The maximum Gasteiger partial charge on any atom is 0.240 e. The summed E-state index contributed by atoms with van der Waals surface area (Å²) < 4.78 is 0. The second-order valence-corrected chi connectivity index (χ2v) is 5.12. The number of benzene rings is 1. The number of rotatable bonds is 5. The average molecular weight is 267 g/mol. The monoisotopic (exact) mass is 266 g/mol. The summed E-state index contributed by atoms with van der Waals surface area (Å²) >= 11 is 5.95. The topological polar surface area (TPSA) is 32.3 Å². The molecule has 1 heterocycles. The van der Waals surface area contributed by atoms with Gasteiger partial charge in [-0.1, -0.05) is 30.7 Å². The van der Waals surface area contributed by atoms with E-state index in [4.69, 9.17) is 11.6 Å². The second-order valence-electron chi connectivity index (χ2n) is 4.69. The van der Waals surface area contributed by atoms with Crippen LogP contribution >= 0.6 is 11.6 Å². The van der Waals surface area contributed by atoms with Crippen molar-refractivity contribution in [2.45, 2.75) is 32.4 Å². The Balaban J connectivity index is 1.93. The molecule has 1 amide bonds. The lowest BCUT2D eigenvalue weighted by Crippen LogP contribution is -2.38. The number of amides is 1. The maximum absolute atomic E-state index is 12.1. The lowest BCUT2D eigenvalue weighted by atomic mass is 10.2. The normalized spacial score (nSPS) is 19.6. The van der Waals surface area contributed by atoms with Gasteiger partial charge in [0.1, 0.15) is 0 Å². The number of halogens is 1. The molecule has 1 aromatic rings. The fraction of sp³-hybridized carbons (Fsp3) is 0.500. The van der Waals surface area contributed by atoms with E-state index in [9.17, 15) is 4.79 Å². The van der Waals surface area contributed by atoms with Gasteiger partial charge in [0.2, 0.25) is 5.91 Å². The van der Waals surface area contributed by atoms with E-state index in [1.165, 1.54) is 0 Å². The number of hydrogen-bond donors (Lipinski definition) is 1. The molecule has 4 heteroatoms. The first kappa shape index (κ1) is 13.4. The highest BCUT2D eigenvalue weighted by molar-refractivity contribution is 6.30. The molecule has 0 radical (unpaired) electrons. The summed E-state index contributed by atoms with van der Waals surface area (Å²) in [5, 5.41) is 4.01. The smallest absolute Gasteiger partial charge is 0.240 e. The summed E-state index contributed by atoms with van der Waals surface area (Å²) in [6.45, 7) is 4.49. The van der Waals surface area contributed by atoms with Crippen LogP contribution in [0, 0.1) is 0 Å². The quantitative estimate of drug-likeness (QED) is 0.888. The Kier molecular flexibility index (Phi) is 4.61. The summed E-state index contributed by atoms with van der Waals surface area (Å²) in [4.78, 5) is 14.0. The highest BCUT2D eigenvalue weighted by Crippen LogP contribution is 2.17. The van der Waals surface area contributed by atoms with Crippen molar-refractivity contribution >= 4 is 17.5 Å². The molecule has 0 spiro atoms. The van der Waals surface area contributed by atoms with Crippen LogP contribution in [0.25, 0.3) is 0 Å².